The number of hydrogen-bond acceptors (Lipinski definition) is 13. The highest BCUT2D eigenvalue weighted by molar-refractivity contribution is 6.11. The van der Waals surface area contributed by atoms with Gasteiger partial charge < -0.3 is 0 Å². The van der Waals surface area contributed by atoms with Gasteiger partial charge in [0.1, 0.15) is 0 Å². The summed E-state index contributed by atoms with van der Waals surface area (Å²) in [6, 6.07) is 89.1. The van der Waals surface area contributed by atoms with E-state index in [9.17, 15) is 0 Å². The van der Waals surface area contributed by atoms with Gasteiger partial charge in [-0.3, -0.25) is 4.79 Å². The van der Waals surface area contributed by atoms with Gasteiger partial charge in [-0.2, -0.15) is 0 Å². The summed E-state index contributed by atoms with van der Waals surface area (Å²) in [6.07, 6.45) is 0. The molecule has 0 saturated heterocycles. The molecule has 14 aromatic rings. The van der Waals surface area contributed by atoms with Gasteiger partial charge in [-0.15, -0.1) is 0 Å². The summed E-state index contributed by atoms with van der Waals surface area (Å²) >= 11 is 0. The Morgan fingerprint density at radius 1 is 0.163 bits per heavy atom. The van der Waals surface area contributed by atoms with Crippen molar-refractivity contribution in [3.63, 3.8) is 0 Å². The zero-order valence-electron chi connectivity index (χ0n) is 45.8. The topological polar surface area (TPSA) is 172 Å². The normalized spacial score (nSPS) is 11.1. The van der Waals surface area contributed by atoms with Crippen molar-refractivity contribution in [2.45, 2.75) is 0 Å². The first kappa shape index (κ1) is 52.0. The number of nitrogens with zero attached hydrogens (tertiary/aromatic N) is 12. The minimum Gasteiger partial charge on any atom is -0.289 e. The van der Waals surface area contributed by atoms with Crippen LogP contribution in [0.1, 0.15) is 15.9 Å². The van der Waals surface area contributed by atoms with Crippen LogP contribution in [0.2, 0.25) is 0 Å². The van der Waals surface area contributed by atoms with Gasteiger partial charge in [0.05, 0.1) is 0 Å². The molecule has 14 rings (SSSR count). The van der Waals surface area contributed by atoms with Crippen molar-refractivity contribution in [3.05, 3.63) is 290 Å². The third kappa shape index (κ3) is 11.2. The van der Waals surface area contributed by atoms with E-state index in [1.807, 2.05) is 279 Å². The highest BCUT2D eigenvalue weighted by Gasteiger charge is 2.24. The SMILES string of the molecule is O=C(c1cc(-c2nc(-c3ccccc3)nc(-c3ccccc3)n2)cc(-c2nc(-c3ccccc3)nc(-c3ccccc3)n2)c1)c1cc(-c2nc(-c3ccccc3)nc(-c3ccccc3)n2)cc(-c2nc(-c3ccccc3)nc(-c3ccccc3)n2)c1. The van der Waals surface area contributed by atoms with Gasteiger partial charge in [-0.1, -0.05) is 243 Å². The quantitative estimate of drug-likeness (QED) is 0.0943. The average molecular weight is 1110 g/mol. The van der Waals surface area contributed by atoms with Crippen molar-refractivity contribution >= 4 is 5.78 Å². The third-order valence-corrected chi connectivity index (χ3v) is 14.2. The van der Waals surface area contributed by atoms with E-state index in [4.69, 9.17) is 59.8 Å². The Morgan fingerprint density at radius 2 is 0.291 bits per heavy atom. The maximum Gasteiger partial charge on any atom is 0.193 e. The Morgan fingerprint density at radius 3 is 0.430 bits per heavy atom. The summed E-state index contributed by atoms with van der Waals surface area (Å²) < 4.78 is 0. The van der Waals surface area contributed by atoms with Gasteiger partial charge >= 0.3 is 0 Å². The molecule has 0 amide bonds. The summed E-state index contributed by atoms with van der Waals surface area (Å²) in [6.45, 7) is 0. The number of hydrogen-bond donors (Lipinski definition) is 0. The number of carbonyl (C=O) groups is 1. The summed E-state index contributed by atoms with van der Waals surface area (Å²) in [4.78, 5) is 77.4. The highest BCUT2D eigenvalue weighted by Crippen LogP contribution is 2.35. The Labute approximate surface area is 494 Å². The Balaban J connectivity index is 1.02. The molecule has 86 heavy (non-hydrogen) atoms. The third-order valence-electron chi connectivity index (χ3n) is 14.2. The first-order chi connectivity index (χ1) is 42.5. The number of benzene rings is 10. The molecule has 0 saturated carbocycles. The van der Waals surface area contributed by atoms with Crippen molar-refractivity contribution in [3.8, 4) is 137 Å². The molecule has 0 bridgehead atoms. The zero-order valence-corrected chi connectivity index (χ0v) is 45.8. The van der Waals surface area contributed by atoms with Crippen LogP contribution in [0.4, 0.5) is 0 Å². The van der Waals surface area contributed by atoms with Crippen LogP contribution >= 0.6 is 0 Å². The molecule has 0 unspecified atom stereocenters. The molecule has 0 aliphatic carbocycles. The molecule has 0 atom stereocenters. The van der Waals surface area contributed by atoms with E-state index in [2.05, 4.69) is 0 Å². The van der Waals surface area contributed by atoms with Crippen LogP contribution in [-0.4, -0.2) is 65.6 Å². The summed E-state index contributed by atoms with van der Waals surface area (Å²) in [5, 5.41) is 0. The zero-order chi connectivity index (χ0) is 57.6. The Hall–Kier alpha value is -12.1. The summed E-state index contributed by atoms with van der Waals surface area (Å²) in [5.74, 6) is 4.53. The van der Waals surface area contributed by atoms with Crippen LogP contribution in [0, 0.1) is 0 Å². The van der Waals surface area contributed by atoms with E-state index in [1.165, 1.54) is 0 Å². The number of aromatic nitrogens is 12. The molecule has 10 aromatic carbocycles. The fourth-order valence-electron chi connectivity index (χ4n) is 9.95. The van der Waals surface area contributed by atoms with Gasteiger partial charge in [0.25, 0.3) is 0 Å². The molecule has 404 valence electrons. The number of carbonyl (C=O) groups excluding carboxylic acids is 1. The Bertz CT molecular complexity index is 3920. The van der Waals surface area contributed by atoms with E-state index in [0.717, 1.165) is 44.5 Å². The van der Waals surface area contributed by atoms with Gasteiger partial charge in [0, 0.05) is 77.9 Å². The molecule has 0 spiro atoms. The van der Waals surface area contributed by atoms with E-state index < -0.39 is 0 Å². The lowest BCUT2D eigenvalue weighted by molar-refractivity contribution is 0.103. The molecule has 0 aliphatic rings. The van der Waals surface area contributed by atoms with Crippen molar-refractivity contribution in [1.29, 1.82) is 0 Å². The predicted molar refractivity (Wildman–Crippen MR) is 335 cm³/mol. The largest absolute Gasteiger partial charge is 0.289 e. The first-order valence-electron chi connectivity index (χ1n) is 27.8. The molecule has 0 fully saturated rings. The lowest BCUT2D eigenvalue weighted by Gasteiger charge is -2.14. The standard InChI is InChI=1S/C73H46N12O/c86-61(55-41-57(70-78-62(47-25-9-1-10-26-47)74-63(79-70)48-27-11-2-12-28-48)45-58(42-55)71-80-64(49-29-13-3-14-30-49)75-65(81-71)50-31-15-4-16-32-50)56-43-59(72-82-66(51-33-17-5-18-34-51)76-67(83-72)52-35-19-6-20-36-52)46-60(44-56)73-84-68(53-37-21-7-22-38-53)77-69(85-73)54-39-23-8-24-40-54/h1-46H. The van der Waals surface area contributed by atoms with Crippen LogP contribution < -0.4 is 0 Å². The van der Waals surface area contributed by atoms with E-state index in [0.29, 0.717) is 92.1 Å². The first-order valence-corrected chi connectivity index (χ1v) is 27.8. The van der Waals surface area contributed by atoms with E-state index in [1.54, 1.807) is 0 Å². The predicted octanol–water partition coefficient (Wildman–Crippen LogP) is 15.7. The van der Waals surface area contributed by atoms with Gasteiger partial charge in [0.15, 0.2) is 75.7 Å². The van der Waals surface area contributed by atoms with Crippen molar-refractivity contribution in [2.75, 3.05) is 0 Å². The molecule has 4 heterocycles. The molecule has 0 radical (unpaired) electrons. The molecule has 13 nitrogen and oxygen atoms in total. The molecular weight excluding hydrogens is 1060 g/mol. The van der Waals surface area contributed by atoms with Crippen molar-refractivity contribution in [2.24, 2.45) is 0 Å². The van der Waals surface area contributed by atoms with Crippen LogP contribution in [0.5, 0.6) is 0 Å². The Kier molecular flexibility index (Phi) is 14.2. The maximum atomic E-state index is 16.3. The second kappa shape index (κ2) is 23.4. The maximum absolute atomic E-state index is 16.3. The molecule has 13 heteroatoms. The van der Waals surface area contributed by atoms with Crippen LogP contribution in [0.25, 0.3) is 137 Å². The van der Waals surface area contributed by atoms with Gasteiger partial charge in [0.2, 0.25) is 0 Å². The molecule has 0 aliphatic heterocycles. The lowest BCUT2D eigenvalue weighted by atomic mass is 9.95. The second-order valence-electron chi connectivity index (χ2n) is 20.1. The smallest absolute Gasteiger partial charge is 0.193 e. The fourth-order valence-corrected chi connectivity index (χ4v) is 9.95. The highest BCUT2D eigenvalue weighted by atomic mass is 16.1. The monoisotopic (exact) mass is 1110 g/mol. The van der Waals surface area contributed by atoms with Crippen LogP contribution in [-0.2, 0) is 0 Å². The average Bonchev–Trinajstić information content (AvgIpc) is 3.31. The lowest BCUT2D eigenvalue weighted by Crippen LogP contribution is -2.07. The molecule has 4 aromatic heterocycles. The van der Waals surface area contributed by atoms with Crippen molar-refractivity contribution in [1.82, 2.24) is 59.8 Å². The molecular formula is C73H46N12O. The van der Waals surface area contributed by atoms with Crippen LogP contribution in [0.3, 0.4) is 0 Å². The number of ketones is 1. The minimum absolute atomic E-state index is 0.280. The van der Waals surface area contributed by atoms with E-state index in [-0.39, 0.29) is 16.9 Å². The number of rotatable bonds is 14. The minimum atomic E-state index is -0.362. The van der Waals surface area contributed by atoms with Crippen LogP contribution in [0.15, 0.2) is 279 Å². The fraction of sp³-hybridized carbons (Fsp3) is 0. The van der Waals surface area contributed by atoms with Crippen molar-refractivity contribution < 1.29 is 4.79 Å². The second-order valence-corrected chi connectivity index (χ2v) is 20.1. The van der Waals surface area contributed by atoms with Gasteiger partial charge in [-0.05, 0) is 36.4 Å². The van der Waals surface area contributed by atoms with E-state index >= 15 is 4.79 Å². The summed E-state index contributed by atoms with van der Waals surface area (Å²) in [7, 11) is 0. The summed E-state index contributed by atoms with van der Waals surface area (Å²) in [5.41, 5.74) is 8.91. The van der Waals surface area contributed by atoms with Gasteiger partial charge in [-0.25, -0.2) is 59.8 Å². The molecule has 0 N–H and O–H groups in total.